The summed E-state index contributed by atoms with van der Waals surface area (Å²) in [6.07, 6.45) is 4.38. The second kappa shape index (κ2) is 6.16. The minimum Gasteiger partial charge on any atom is -0.480 e. The highest BCUT2D eigenvalue weighted by atomic mass is 16.4. The summed E-state index contributed by atoms with van der Waals surface area (Å²) in [5, 5.41) is 9.56. The first-order valence-corrected chi connectivity index (χ1v) is 6.79. The van der Waals surface area contributed by atoms with E-state index < -0.39 is 12.0 Å². The van der Waals surface area contributed by atoms with E-state index in [2.05, 4.69) is 23.9 Å². The van der Waals surface area contributed by atoms with Crippen LogP contribution in [0.2, 0.25) is 0 Å². The number of aryl methyl sites for hydroxylation is 1. The Bertz CT molecular complexity index is 424. The predicted molar refractivity (Wildman–Crippen MR) is 72.0 cm³/mol. The first-order valence-electron chi connectivity index (χ1n) is 6.79. The van der Waals surface area contributed by atoms with Gasteiger partial charge in [0.05, 0.1) is 18.2 Å². The zero-order valence-electron chi connectivity index (χ0n) is 11.6. The number of carboxylic acids is 1. The molecule has 106 valence electrons. The summed E-state index contributed by atoms with van der Waals surface area (Å²) in [5.74, 6) is -0.789. The topological polar surface area (TPSA) is 61.6 Å². The summed E-state index contributed by atoms with van der Waals surface area (Å²) >= 11 is 0. The standard InChI is InChI=1S/C13H22N4O2/c1-3-4-17-10-14-9-11(17)12(13(18)19)16-7-5-15(2)6-8-16/h9-10,12H,3-8H2,1-2H3,(H,18,19). The van der Waals surface area contributed by atoms with Crippen LogP contribution >= 0.6 is 0 Å². The van der Waals surface area contributed by atoms with Gasteiger partial charge in [-0.1, -0.05) is 6.92 Å². The van der Waals surface area contributed by atoms with Gasteiger partial charge in [-0.25, -0.2) is 4.98 Å². The molecule has 0 saturated carbocycles. The molecular weight excluding hydrogens is 244 g/mol. The van der Waals surface area contributed by atoms with Gasteiger partial charge in [0.15, 0.2) is 6.04 Å². The molecular formula is C13H22N4O2. The number of aromatic nitrogens is 2. The van der Waals surface area contributed by atoms with Crippen molar-refractivity contribution in [3.05, 3.63) is 18.2 Å². The van der Waals surface area contributed by atoms with Gasteiger partial charge in [-0.3, -0.25) is 9.69 Å². The van der Waals surface area contributed by atoms with E-state index in [1.54, 1.807) is 12.5 Å². The molecule has 19 heavy (non-hydrogen) atoms. The lowest BCUT2D eigenvalue weighted by atomic mass is 10.1. The molecule has 6 heteroatoms. The number of imidazole rings is 1. The van der Waals surface area contributed by atoms with E-state index in [0.29, 0.717) is 0 Å². The number of aliphatic carboxylic acids is 1. The maximum Gasteiger partial charge on any atom is 0.327 e. The van der Waals surface area contributed by atoms with Crippen LogP contribution in [0.1, 0.15) is 25.1 Å². The van der Waals surface area contributed by atoms with Crippen molar-refractivity contribution in [2.45, 2.75) is 25.9 Å². The van der Waals surface area contributed by atoms with Gasteiger partial charge >= 0.3 is 5.97 Å². The minimum absolute atomic E-state index is 0.581. The molecule has 0 spiro atoms. The highest BCUT2D eigenvalue weighted by Gasteiger charge is 2.31. The number of piperazine rings is 1. The Hall–Kier alpha value is -1.40. The molecule has 0 radical (unpaired) electrons. The third-order valence-corrected chi connectivity index (χ3v) is 3.63. The maximum absolute atomic E-state index is 11.6. The molecule has 0 amide bonds. The summed E-state index contributed by atoms with van der Waals surface area (Å²) in [6.45, 7) is 6.27. The Morgan fingerprint density at radius 3 is 2.68 bits per heavy atom. The van der Waals surface area contributed by atoms with Gasteiger partial charge in [-0.05, 0) is 13.5 Å². The van der Waals surface area contributed by atoms with Crippen molar-refractivity contribution >= 4 is 5.97 Å². The smallest absolute Gasteiger partial charge is 0.327 e. The van der Waals surface area contributed by atoms with Gasteiger partial charge in [0, 0.05) is 32.7 Å². The molecule has 1 atom stereocenters. The van der Waals surface area contributed by atoms with Gasteiger partial charge in [0.2, 0.25) is 0 Å². The Labute approximate surface area is 113 Å². The third-order valence-electron chi connectivity index (χ3n) is 3.63. The van der Waals surface area contributed by atoms with Gasteiger partial charge < -0.3 is 14.6 Å². The largest absolute Gasteiger partial charge is 0.480 e. The molecule has 1 N–H and O–H groups in total. The Morgan fingerprint density at radius 1 is 1.42 bits per heavy atom. The average molecular weight is 266 g/mol. The number of carbonyl (C=O) groups is 1. The molecule has 1 aromatic heterocycles. The number of carboxylic acid groups (broad SMARTS) is 1. The highest BCUT2D eigenvalue weighted by molar-refractivity contribution is 5.75. The lowest BCUT2D eigenvalue weighted by Gasteiger charge is -2.36. The average Bonchev–Trinajstić information content (AvgIpc) is 2.80. The molecule has 6 nitrogen and oxygen atoms in total. The van der Waals surface area contributed by atoms with Crippen LogP contribution in [0.5, 0.6) is 0 Å². The van der Waals surface area contributed by atoms with E-state index in [4.69, 9.17) is 0 Å². The molecule has 0 aromatic carbocycles. The molecule has 1 fully saturated rings. The molecule has 1 aromatic rings. The van der Waals surface area contributed by atoms with E-state index >= 15 is 0 Å². The number of rotatable bonds is 5. The minimum atomic E-state index is -0.789. The summed E-state index contributed by atoms with van der Waals surface area (Å²) in [6, 6.07) is -0.581. The van der Waals surface area contributed by atoms with Crippen LogP contribution in [0, 0.1) is 0 Å². The van der Waals surface area contributed by atoms with Crippen molar-refractivity contribution in [3.63, 3.8) is 0 Å². The lowest BCUT2D eigenvalue weighted by Crippen LogP contribution is -2.48. The van der Waals surface area contributed by atoms with Gasteiger partial charge in [0.25, 0.3) is 0 Å². The van der Waals surface area contributed by atoms with Crippen LogP contribution in [0.4, 0.5) is 0 Å². The van der Waals surface area contributed by atoms with Crippen LogP contribution in [-0.2, 0) is 11.3 Å². The fraction of sp³-hybridized carbons (Fsp3) is 0.692. The maximum atomic E-state index is 11.6. The zero-order chi connectivity index (χ0) is 13.8. The molecule has 1 unspecified atom stereocenters. The molecule has 0 aliphatic carbocycles. The zero-order valence-corrected chi connectivity index (χ0v) is 11.6. The molecule has 1 aliphatic heterocycles. The number of likely N-dealkylation sites (N-methyl/N-ethyl adjacent to an activating group) is 1. The molecule has 2 rings (SSSR count). The monoisotopic (exact) mass is 266 g/mol. The first-order chi connectivity index (χ1) is 9.13. The molecule has 1 aliphatic rings. The molecule has 0 bridgehead atoms. The molecule has 1 saturated heterocycles. The van der Waals surface area contributed by atoms with Crippen molar-refractivity contribution in [2.75, 3.05) is 33.2 Å². The van der Waals surface area contributed by atoms with Crippen LogP contribution < -0.4 is 0 Å². The summed E-state index contributed by atoms with van der Waals surface area (Å²) < 4.78 is 1.96. The second-order valence-corrected chi connectivity index (χ2v) is 5.09. The van der Waals surface area contributed by atoms with E-state index in [1.807, 2.05) is 9.47 Å². The normalized spacial score (nSPS) is 19.5. The highest BCUT2D eigenvalue weighted by Crippen LogP contribution is 2.22. The summed E-state index contributed by atoms with van der Waals surface area (Å²) in [4.78, 5) is 20.0. The van der Waals surface area contributed by atoms with Crippen LogP contribution in [0.25, 0.3) is 0 Å². The SMILES string of the molecule is CCCn1cncc1C(C(=O)O)N1CCN(C)CC1. The van der Waals surface area contributed by atoms with Crippen LogP contribution in [0.3, 0.4) is 0 Å². The Balaban J connectivity index is 2.20. The van der Waals surface area contributed by atoms with Crippen molar-refractivity contribution in [1.29, 1.82) is 0 Å². The van der Waals surface area contributed by atoms with E-state index in [9.17, 15) is 9.90 Å². The van der Waals surface area contributed by atoms with Gasteiger partial charge in [-0.2, -0.15) is 0 Å². The first kappa shape index (κ1) is 14.0. The van der Waals surface area contributed by atoms with Gasteiger partial charge in [-0.15, -0.1) is 0 Å². The van der Waals surface area contributed by atoms with Crippen molar-refractivity contribution < 1.29 is 9.90 Å². The number of hydrogen-bond acceptors (Lipinski definition) is 4. The Morgan fingerprint density at radius 2 is 2.11 bits per heavy atom. The van der Waals surface area contributed by atoms with Crippen LogP contribution in [-0.4, -0.2) is 63.7 Å². The van der Waals surface area contributed by atoms with Crippen molar-refractivity contribution in [1.82, 2.24) is 19.4 Å². The van der Waals surface area contributed by atoms with Crippen molar-refractivity contribution in [2.24, 2.45) is 0 Å². The number of nitrogens with zero attached hydrogens (tertiary/aromatic N) is 4. The molecule has 2 heterocycles. The van der Waals surface area contributed by atoms with Crippen molar-refractivity contribution in [3.8, 4) is 0 Å². The summed E-state index contributed by atoms with van der Waals surface area (Å²) in [5.41, 5.74) is 0.791. The van der Waals surface area contributed by atoms with E-state index in [1.165, 1.54) is 0 Å². The Kier molecular flexibility index (Phi) is 4.55. The fourth-order valence-corrected chi connectivity index (χ4v) is 2.54. The van der Waals surface area contributed by atoms with E-state index in [0.717, 1.165) is 44.8 Å². The van der Waals surface area contributed by atoms with Crippen LogP contribution in [0.15, 0.2) is 12.5 Å². The predicted octanol–water partition coefficient (Wildman–Crippen LogP) is 0.666. The quantitative estimate of drug-likeness (QED) is 0.848. The van der Waals surface area contributed by atoms with Gasteiger partial charge in [0.1, 0.15) is 0 Å². The van der Waals surface area contributed by atoms with E-state index in [-0.39, 0.29) is 0 Å². The lowest BCUT2D eigenvalue weighted by molar-refractivity contribution is -0.144. The third kappa shape index (κ3) is 3.13. The fourth-order valence-electron chi connectivity index (χ4n) is 2.54. The number of hydrogen-bond donors (Lipinski definition) is 1. The summed E-state index contributed by atoms with van der Waals surface area (Å²) in [7, 11) is 2.06. The second-order valence-electron chi connectivity index (χ2n) is 5.09.